The van der Waals surface area contributed by atoms with Crippen LogP contribution in [-0.2, 0) is 0 Å². The van der Waals surface area contributed by atoms with E-state index in [1.54, 1.807) is 0 Å². The number of halogens is 1. The average Bonchev–Trinajstić information content (AvgIpc) is 2.75. The van der Waals surface area contributed by atoms with E-state index in [0.29, 0.717) is 23.1 Å². The van der Waals surface area contributed by atoms with Crippen molar-refractivity contribution in [1.82, 2.24) is 14.9 Å². The van der Waals surface area contributed by atoms with E-state index >= 15 is 0 Å². The summed E-state index contributed by atoms with van der Waals surface area (Å²) in [5.74, 6) is 0.614. The molecule has 0 aliphatic carbocycles. The molecule has 1 heterocycles. The molecule has 0 radical (unpaired) electrons. The van der Waals surface area contributed by atoms with Crippen LogP contribution < -0.4 is 0 Å². The van der Waals surface area contributed by atoms with Crippen LogP contribution >= 0.6 is 11.6 Å². The molecule has 0 saturated carbocycles. The van der Waals surface area contributed by atoms with Crippen LogP contribution in [0.5, 0.6) is 0 Å². The van der Waals surface area contributed by atoms with E-state index in [1.165, 1.54) is 0 Å². The summed E-state index contributed by atoms with van der Waals surface area (Å²) in [5, 5.41) is 12.7. The third-order valence-corrected chi connectivity index (χ3v) is 5.39. The largest absolute Gasteiger partial charge is 0.385 e. The van der Waals surface area contributed by atoms with Gasteiger partial charge in [0, 0.05) is 22.5 Å². The first-order valence-corrected chi connectivity index (χ1v) is 10.9. The number of aliphatic hydroxyl groups excluding tert-OH is 1. The Kier molecular flexibility index (Phi) is 7.99. The van der Waals surface area contributed by atoms with Crippen molar-refractivity contribution in [3.63, 3.8) is 0 Å². The third-order valence-electron chi connectivity index (χ3n) is 5.14. The summed E-state index contributed by atoms with van der Waals surface area (Å²) in [6, 6.07) is 15.4. The Morgan fingerprint density at radius 1 is 0.931 bits per heavy atom. The van der Waals surface area contributed by atoms with Crippen molar-refractivity contribution in [3.8, 4) is 11.4 Å². The molecule has 0 fully saturated rings. The molecule has 29 heavy (non-hydrogen) atoms. The number of para-hydroxylation sites is 1. The zero-order chi connectivity index (χ0) is 20.6. The maximum Gasteiger partial charge on any atom is 0.160 e. The van der Waals surface area contributed by atoms with Gasteiger partial charge in [0.1, 0.15) is 6.10 Å². The fourth-order valence-corrected chi connectivity index (χ4v) is 3.60. The van der Waals surface area contributed by atoms with Crippen LogP contribution in [0.3, 0.4) is 0 Å². The second-order valence-electron chi connectivity index (χ2n) is 7.48. The molecular weight excluding hydrogens is 382 g/mol. The SMILES string of the molecule is CCCCN(CCCC)CC(O)c1nc(-c2ccc(Cl)cc2)nc2ccccc12. The van der Waals surface area contributed by atoms with Crippen molar-refractivity contribution in [1.29, 1.82) is 0 Å². The molecule has 154 valence electrons. The van der Waals surface area contributed by atoms with Gasteiger partial charge in [-0.15, -0.1) is 0 Å². The molecule has 1 N–H and O–H groups in total. The number of benzene rings is 2. The Bertz CT molecular complexity index is 906. The molecule has 0 amide bonds. The second kappa shape index (κ2) is 10.7. The summed E-state index contributed by atoms with van der Waals surface area (Å²) in [7, 11) is 0. The monoisotopic (exact) mass is 411 g/mol. The van der Waals surface area contributed by atoms with Gasteiger partial charge in [0.05, 0.1) is 11.2 Å². The normalized spacial score (nSPS) is 12.6. The van der Waals surface area contributed by atoms with Crippen molar-refractivity contribution in [2.75, 3.05) is 19.6 Å². The molecule has 4 nitrogen and oxygen atoms in total. The lowest BCUT2D eigenvalue weighted by Gasteiger charge is -2.25. The van der Waals surface area contributed by atoms with Crippen LogP contribution in [0, 0.1) is 0 Å². The molecule has 0 aliphatic rings. The number of nitrogens with zero attached hydrogens (tertiary/aromatic N) is 3. The minimum Gasteiger partial charge on any atom is -0.385 e. The summed E-state index contributed by atoms with van der Waals surface area (Å²) in [6.07, 6.45) is 3.90. The summed E-state index contributed by atoms with van der Waals surface area (Å²) in [6.45, 7) is 6.98. The molecule has 1 unspecified atom stereocenters. The molecule has 3 rings (SSSR count). The third kappa shape index (κ3) is 5.75. The van der Waals surface area contributed by atoms with Crippen LogP contribution in [-0.4, -0.2) is 39.6 Å². The highest BCUT2D eigenvalue weighted by Gasteiger charge is 2.19. The van der Waals surface area contributed by atoms with Crippen LogP contribution in [0.2, 0.25) is 5.02 Å². The van der Waals surface area contributed by atoms with Crippen LogP contribution in [0.4, 0.5) is 0 Å². The number of hydrogen-bond donors (Lipinski definition) is 1. The minimum absolute atomic E-state index is 0.584. The van der Waals surface area contributed by atoms with Crippen LogP contribution in [0.1, 0.15) is 51.3 Å². The Morgan fingerprint density at radius 2 is 1.59 bits per heavy atom. The fourth-order valence-electron chi connectivity index (χ4n) is 3.47. The number of unbranched alkanes of at least 4 members (excludes halogenated alkanes) is 2. The van der Waals surface area contributed by atoms with Crippen LogP contribution in [0.25, 0.3) is 22.3 Å². The molecular formula is C24H30ClN3O. The van der Waals surface area contributed by atoms with Crippen molar-refractivity contribution in [2.45, 2.75) is 45.6 Å². The second-order valence-corrected chi connectivity index (χ2v) is 7.92. The maximum atomic E-state index is 11.2. The van der Waals surface area contributed by atoms with Gasteiger partial charge in [0.25, 0.3) is 0 Å². The molecule has 0 saturated heterocycles. The topological polar surface area (TPSA) is 49.2 Å². The Labute approximate surface area is 178 Å². The van der Waals surface area contributed by atoms with Gasteiger partial charge >= 0.3 is 0 Å². The Balaban J connectivity index is 1.94. The highest BCUT2D eigenvalue weighted by Crippen LogP contribution is 2.27. The van der Waals surface area contributed by atoms with Gasteiger partial charge in [0.2, 0.25) is 0 Å². The van der Waals surface area contributed by atoms with Crippen molar-refractivity contribution in [3.05, 3.63) is 59.2 Å². The highest BCUT2D eigenvalue weighted by atomic mass is 35.5. The summed E-state index contributed by atoms with van der Waals surface area (Å²) in [4.78, 5) is 11.9. The van der Waals surface area contributed by atoms with E-state index in [9.17, 15) is 5.11 Å². The van der Waals surface area contributed by atoms with Crippen molar-refractivity contribution < 1.29 is 5.11 Å². The van der Waals surface area contributed by atoms with E-state index < -0.39 is 6.10 Å². The number of fused-ring (bicyclic) bond motifs is 1. The molecule has 1 aromatic heterocycles. The molecule has 3 aromatic rings. The van der Waals surface area contributed by atoms with Gasteiger partial charge in [-0.05, 0) is 56.3 Å². The van der Waals surface area contributed by atoms with Crippen molar-refractivity contribution in [2.24, 2.45) is 0 Å². The molecule has 0 bridgehead atoms. The first-order valence-electron chi connectivity index (χ1n) is 10.6. The standard InChI is InChI=1S/C24H30ClN3O/c1-3-5-15-28(16-6-4-2)17-22(29)23-20-9-7-8-10-21(20)26-24(27-23)18-11-13-19(25)14-12-18/h7-14,22,29H,3-6,15-17H2,1-2H3. The molecule has 5 heteroatoms. The zero-order valence-corrected chi connectivity index (χ0v) is 18.1. The number of aliphatic hydroxyl groups is 1. The Morgan fingerprint density at radius 3 is 2.24 bits per heavy atom. The minimum atomic E-state index is -0.664. The van der Waals surface area contributed by atoms with Gasteiger partial charge < -0.3 is 10.0 Å². The van der Waals surface area contributed by atoms with Crippen LogP contribution in [0.15, 0.2) is 48.5 Å². The molecule has 2 aromatic carbocycles. The Hall–Kier alpha value is -2.01. The quantitative estimate of drug-likeness (QED) is 0.452. The van der Waals surface area contributed by atoms with E-state index in [1.807, 2.05) is 48.5 Å². The number of hydrogen-bond acceptors (Lipinski definition) is 4. The van der Waals surface area contributed by atoms with E-state index in [-0.39, 0.29) is 0 Å². The lowest BCUT2D eigenvalue weighted by molar-refractivity contribution is 0.109. The summed E-state index contributed by atoms with van der Waals surface area (Å²) < 4.78 is 0. The molecule has 0 aliphatic heterocycles. The smallest absolute Gasteiger partial charge is 0.160 e. The fraction of sp³-hybridized carbons (Fsp3) is 0.417. The van der Waals surface area contributed by atoms with Gasteiger partial charge in [0.15, 0.2) is 5.82 Å². The van der Waals surface area contributed by atoms with Gasteiger partial charge in [-0.25, -0.2) is 9.97 Å². The molecule has 1 atom stereocenters. The number of aromatic nitrogens is 2. The number of rotatable bonds is 10. The van der Waals surface area contributed by atoms with E-state index in [0.717, 1.165) is 55.2 Å². The maximum absolute atomic E-state index is 11.2. The van der Waals surface area contributed by atoms with Crippen molar-refractivity contribution >= 4 is 22.5 Å². The average molecular weight is 412 g/mol. The molecule has 0 spiro atoms. The predicted octanol–water partition coefficient (Wildman–Crippen LogP) is 5.89. The predicted molar refractivity (Wildman–Crippen MR) is 121 cm³/mol. The lowest BCUT2D eigenvalue weighted by atomic mass is 10.1. The summed E-state index contributed by atoms with van der Waals surface area (Å²) >= 11 is 6.03. The lowest BCUT2D eigenvalue weighted by Crippen LogP contribution is -2.31. The first-order chi connectivity index (χ1) is 14.1. The van der Waals surface area contributed by atoms with Gasteiger partial charge in [-0.1, -0.05) is 56.5 Å². The summed E-state index contributed by atoms with van der Waals surface area (Å²) in [5.41, 5.74) is 2.43. The van der Waals surface area contributed by atoms with Gasteiger partial charge in [-0.3, -0.25) is 0 Å². The van der Waals surface area contributed by atoms with E-state index in [4.69, 9.17) is 21.6 Å². The van der Waals surface area contributed by atoms with E-state index in [2.05, 4.69) is 18.7 Å². The highest BCUT2D eigenvalue weighted by molar-refractivity contribution is 6.30. The first kappa shape index (κ1) is 21.7. The van der Waals surface area contributed by atoms with Gasteiger partial charge in [-0.2, -0.15) is 0 Å². The zero-order valence-electron chi connectivity index (χ0n) is 17.3.